The van der Waals surface area contributed by atoms with Crippen molar-refractivity contribution in [2.45, 2.75) is 27.0 Å². The van der Waals surface area contributed by atoms with Crippen LogP contribution in [0, 0.1) is 22.0 Å². The first kappa shape index (κ1) is 23.9. The van der Waals surface area contributed by atoms with Crippen LogP contribution in [-0.2, 0) is 32.6 Å². The van der Waals surface area contributed by atoms with Gasteiger partial charge in [-0.25, -0.2) is 9.95 Å². The third kappa shape index (κ3) is 6.29. The first-order valence-corrected chi connectivity index (χ1v) is 10.5. The van der Waals surface area contributed by atoms with Gasteiger partial charge in [0.2, 0.25) is 5.91 Å². The summed E-state index contributed by atoms with van der Waals surface area (Å²) in [6.07, 6.45) is 0. The molecule has 1 fully saturated rings. The summed E-state index contributed by atoms with van der Waals surface area (Å²) in [5, 5.41) is 34.0. The van der Waals surface area contributed by atoms with Crippen LogP contribution in [0.5, 0.6) is 0 Å². The van der Waals surface area contributed by atoms with Gasteiger partial charge in [0.1, 0.15) is 6.61 Å². The molecule has 2 unspecified atom stereocenters. The third-order valence-corrected chi connectivity index (χ3v) is 5.95. The van der Waals surface area contributed by atoms with Gasteiger partial charge in [-0.2, -0.15) is 11.8 Å². The lowest BCUT2D eigenvalue weighted by Gasteiger charge is -2.18. The third-order valence-electron chi connectivity index (χ3n) is 4.48. The van der Waals surface area contributed by atoms with E-state index in [0.717, 1.165) is 0 Å². The van der Waals surface area contributed by atoms with E-state index in [0.29, 0.717) is 29.3 Å². The lowest BCUT2D eigenvalue weighted by Crippen LogP contribution is -2.30. The summed E-state index contributed by atoms with van der Waals surface area (Å²) >= 11 is 1.38. The molecule has 3 N–H and O–H groups in total. The number of carboxylic acid groups (broad SMARTS) is 1. The highest BCUT2D eigenvalue weighted by Gasteiger charge is 2.26. The van der Waals surface area contributed by atoms with Crippen molar-refractivity contribution in [2.75, 3.05) is 29.7 Å². The average molecular weight is 443 g/mol. The van der Waals surface area contributed by atoms with Crippen LogP contribution in [0.4, 0.5) is 11.4 Å². The number of aliphatic hydroxyl groups is 1. The van der Waals surface area contributed by atoms with Crippen molar-refractivity contribution in [3.8, 4) is 0 Å². The Morgan fingerprint density at radius 3 is 2.60 bits per heavy atom. The fourth-order valence-corrected chi connectivity index (χ4v) is 3.84. The minimum atomic E-state index is -0.879. The monoisotopic (exact) mass is 443 g/mol. The van der Waals surface area contributed by atoms with Gasteiger partial charge in [0.15, 0.2) is 0 Å². The number of nitrogens with zero attached hydrogens (tertiary/aromatic N) is 2. The van der Waals surface area contributed by atoms with Gasteiger partial charge >= 0.3 is 5.97 Å². The number of hydrogen-bond donors (Lipinski definition) is 3. The number of thioether (sulfide) groups is 1. The summed E-state index contributed by atoms with van der Waals surface area (Å²) in [6.45, 7) is 3.44. The predicted molar refractivity (Wildman–Crippen MR) is 109 cm³/mol. The summed E-state index contributed by atoms with van der Waals surface area (Å²) < 4.78 is 0. The molecular formula is C18H25N3O8S. The maximum absolute atomic E-state index is 12.3. The average Bonchev–Trinajstić information content (AvgIpc) is 3.25. The van der Waals surface area contributed by atoms with Gasteiger partial charge in [0.05, 0.1) is 35.2 Å². The largest absolute Gasteiger partial charge is 0.481 e. The van der Waals surface area contributed by atoms with E-state index in [-0.39, 0.29) is 36.2 Å². The van der Waals surface area contributed by atoms with E-state index < -0.39 is 23.4 Å². The Hall–Kier alpha value is -2.41. The smallest absolute Gasteiger partial charge is 0.307 e. The number of rotatable bonds is 11. The molecule has 12 heteroatoms. The SMILES string of the molecule is CC(CSCC(C)C(=O)NCc1cc(N2CCOO2)c(CO)c([N+](=O)[O-])c1)C(=O)O. The van der Waals surface area contributed by atoms with Crippen molar-refractivity contribution in [3.05, 3.63) is 33.4 Å². The molecule has 30 heavy (non-hydrogen) atoms. The summed E-state index contributed by atoms with van der Waals surface area (Å²) in [6, 6.07) is 2.90. The number of nitrogens with one attached hydrogen (secondary N) is 1. The fraction of sp³-hybridized carbons (Fsp3) is 0.556. The number of aliphatic hydroxyl groups excluding tert-OH is 1. The minimum Gasteiger partial charge on any atom is -0.481 e. The van der Waals surface area contributed by atoms with E-state index in [1.165, 1.54) is 22.9 Å². The molecule has 0 bridgehead atoms. The molecule has 0 aromatic heterocycles. The summed E-state index contributed by atoms with van der Waals surface area (Å²) in [5.41, 5.74) is 0.593. The van der Waals surface area contributed by atoms with Crippen molar-refractivity contribution in [2.24, 2.45) is 11.8 Å². The maximum Gasteiger partial charge on any atom is 0.307 e. The highest BCUT2D eigenvalue weighted by atomic mass is 32.2. The molecule has 1 aromatic rings. The number of nitro benzene ring substituents is 1. The Morgan fingerprint density at radius 1 is 1.33 bits per heavy atom. The molecule has 2 rings (SSSR count). The number of carbonyl (C=O) groups is 2. The van der Waals surface area contributed by atoms with Crippen LogP contribution in [-0.4, -0.2) is 51.7 Å². The van der Waals surface area contributed by atoms with Crippen LogP contribution in [0.1, 0.15) is 25.0 Å². The second-order valence-corrected chi connectivity index (χ2v) is 8.00. The molecule has 0 aliphatic carbocycles. The molecule has 2 atom stereocenters. The zero-order valence-electron chi connectivity index (χ0n) is 16.7. The molecule has 1 saturated heterocycles. The second kappa shape index (κ2) is 11.1. The van der Waals surface area contributed by atoms with Crippen LogP contribution in [0.25, 0.3) is 0 Å². The number of aliphatic carboxylic acids is 1. The van der Waals surface area contributed by atoms with Crippen LogP contribution in [0.3, 0.4) is 0 Å². The van der Waals surface area contributed by atoms with E-state index in [2.05, 4.69) is 5.32 Å². The van der Waals surface area contributed by atoms with Crippen LogP contribution >= 0.6 is 11.8 Å². The number of carboxylic acids is 1. The Balaban J connectivity index is 2.04. The standard InChI is InChI=1S/C18H25N3O8S/c1-11(9-30-10-12(2)18(24)25)17(23)19-7-13-5-15(20-3-4-28-29-20)14(8-22)16(6-13)21(26)27/h5-6,11-12,22H,3-4,7-10H2,1-2H3,(H,19,23)(H,24,25). The Morgan fingerprint density at radius 2 is 2.03 bits per heavy atom. The normalized spacial score (nSPS) is 15.6. The lowest BCUT2D eigenvalue weighted by molar-refractivity contribution is -0.385. The molecule has 0 radical (unpaired) electrons. The Bertz CT molecular complexity index is 785. The number of amides is 1. The van der Waals surface area contributed by atoms with Gasteiger partial charge in [-0.15, -0.1) is 4.99 Å². The predicted octanol–water partition coefficient (Wildman–Crippen LogP) is 1.48. The highest BCUT2D eigenvalue weighted by molar-refractivity contribution is 7.99. The lowest BCUT2D eigenvalue weighted by atomic mass is 10.1. The maximum atomic E-state index is 12.3. The van der Waals surface area contributed by atoms with E-state index in [1.54, 1.807) is 19.9 Å². The van der Waals surface area contributed by atoms with Crippen molar-refractivity contribution in [1.29, 1.82) is 0 Å². The van der Waals surface area contributed by atoms with Crippen LogP contribution < -0.4 is 10.4 Å². The van der Waals surface area contributed by atoms with Gasteiger partial charge in [-0.05, 0) is 11.6 Å². The molecule has 1 aliphatic heterocycles. The second-order valence-electron chi connectivity index (χ2n) is 6.92. The van der Waals surface area contributed by atoms with Gasteiger partial charge in [0, 0.05) is 30.0 Å². The zero-order chi connectivity index (χ0) is 22.3. The van der Waals surface area contributed by atoms with Gasteiger partial charge in [0.25, 0.3) is 5.69 Å². The highest BCUT2D eigenvalue weighted by Crippen LogP contribution is 2.33. The summed E-state index contributed by atoms with van der Waals surface area (Å²) in [7, 11) is 0. The molecule has 1 heterocycles. The van der Waals surface area contributed by atoms with Gasteiger partial charge in [-0.3, -0.25) is 19.7 Å². The molecular weight excluding hydrogens is 418 g/mol. The number of hydrogen-bond acceptors (Lipinski definition) is 9. The first-order valence-electron chi connectivity index (χ1n) is 9.31. The number of hydroxylamine groups is 1. The van der Waals surface area contributed by atoms with Crippen molar-refractivity contribution in [3.63, 3.8) is 0 Å². The number of benzene rings is 1. The Labute approximate surface area is 177 Å². The molecule has 1 aliphatic rings. The molecule has 1 amide bonds. The quantitative estimate of drug-likeness (QED) is 0.260. The minimum absolute atomic E-state index is 0.0492. The van der Waals surface area contributed by atoms with Crippen LogP contribution in [0.15, 0.2) is 12.1 Å². The fourth-order valence-electron chi connectivity index (χ4n) is 2.70. The van der Waals surface area contributed by atoms with Crippen molar-refractivity contribution in [1.82, 2.24) is 5.32 Å². The molecule has 166 valence electrons. The van der Waals surface area contributed by atoms with E-state index in [1.807, 2.05) is 0 Å². The summed E-state index contributed by atoms with van der Waals surface area (Å²) in [4.78, 5) is 43.8. The summed E-state index contributed by atoms with van der Waals surface area (Å²) in [5.74, 6) is -1.12. The molecule has 11 nitrogen and oxygen atoms in total. The van der Waals surface area contributed by atoms with Crippen molar-refractivity contribution < 1.29 is 34.6 Å². The van der Waals surface area contributed by atoms with E-state index in [9.17, 15) is 24.8 Å². The number of carbonyl (C=O) groups excluding carboxylic acids is 1. The van der Waals surface area contributed by atoms with Gasteiger partial charge in [-0.1, -0.05) is 13.8 Å². The van der Waals surface area contributed by atoms with Crippen LogP contribution in [0.2, 0.25) is 0 Å². The van der Waals surface area contributed by atoms with E-state index in [4.69, 9.17) is 15.0 Å². The zero-order valence-corrected chi connectivity index (χ0v) is 17.5. The molecule has 0 spiro atoms. The topological polar surface area (TPSA) is 151 Å². The van der Waals surface area contributed by atoms with Gasteiger partial charge < -0.3 is 15.5 Å². The molecule has 0 saturated carbocycles. The molecule has 1 aromatic carbocycles. The van der Waals surface area contributed by atoms with E-state index >= 15 is 0 Å². The first-order chi connectivity index (χ1) is 14.2. The number of anilines is 1. The van der Waals surface area contributed by atoms with Crippen molar-refractivity contribution >= 4 is 35.0 Å². The number of nitro groups is 1. The Kier molecular flexibility index (Phi) is 8.84.